The molecule has 0 saturated heterocycles. The molecule has 0 bridgehead atoms. The van der Waals surface area contributed by atoms with Gasteiger partial charge in [0.15, 0.2) is 0 Å². The zero-order valence-electron chi connectivity index (χ0n) is 21.4. The predicted octanol–water partition coefficient (Wildman–Crippen LogP) is 6.66. The van der Waals surface area contributed by atoms with Crippen LogP contribution in [0.4, 0.5) is 0 Å². The summed E-state index contributed by atoms with van der Waals surface area (Å²) >= 11 is 0. The summed E-state index contributed by atoms with van der Waals surface area (Å²) in [6, 6.07) is 0. The van der Waals surface area contributed by atoms with Gasteiger partial charge < -0.3 is 15.3 Å². The molecule has 0 aromatic rings. The Bertz CT molecular complexity index is 691. The third-order valence-corrected chi connectivity index (χ3v) is 11.4. The molecular formula is C29H50O3. The van der Waals surface area contributed by atoms with Gasteiger partial charge in [0.25, 0.3) is 5.97 Å². The van der Waals surface area contributed by atoms with E-state index in [0.29, 0.717) is 16.7 Å². The Morgan fingerprint density at radius 1 is 0.875 bits per heavy atom. The molecule has 4 rings (SSSR count). The van der Waals surface area contributed by atoms with Crippen molar-refractivity contribution in [3.63, 3.8) is 0 Å². The van der Waals surface area contributed by atoms with E-state index in [1.807, 2.05) is 0 Å². The Morgan fingerprint density at radius 2 is 1.59 bits per heavy atom. The monoisotopic (exact) mass is 446 g/mol. The first kappa shape index (κ1) is 24.7. The summed E-state index contributed by atoms with van der Waals surface area (Å²) in [5.74, 6) is 2.76. The molecule has 3 nitrogen and oxygen atoms in total. The van der Waals surface area contributed by atoms with Crippen LogP contribution in [0.2, 0.25) is 0 Å². The third-order valence-electron chi connectivity index (χ3n) is 11.4. The molecule has 4 saturated carbocycles. The average Bonchev–Trinajstić information content (AvgIpc) is 3.06. The summed E-state index contributed by atoms with van der Waals surface area (Å²) in [7, 11) is 0. The molecule has 3 heteroatoms. The minimum absolute atomic E-state index is 0.210. The predicted molar refractivity (Wildman–Crippen MR) is 131 cm³/mol. The maximum Gasteiger partial charge on any atom is 0.297 e. The first-order valence-corrected chi connectivity index (χ1v) is 13.8. The highest BCUT2D eigenvalue weighted by Crippen LogP contribution is 2.68. The zero-order chi connectivity index (χ0) is 23.3. The molecule has 4 aliphatic rings. The zero-order valence-corrected chi connectivity index (χ0v) is 21.4. The van der Waals surface area contributed by atoms with E-state index in [9.17, 15) is 15.3 Å². The van der Waals surface area contributed by atoms with Gasteiger partial charge in [0, 0.05) is 6.08 Å². The third kappa shape index (κ3) is 4.48. The standard InChI is InChI=1S/C29H50O3/c1-19(2)21(18-29(30,31)32)10-9-20(3)24-13-14-25-23-12-11-22-8-6-7-16-27(22,4)26(23)15-17-28(24,25)5/h18-20,22-26,30-32H,6-17H2,1-5H3/t20-,22?,23+,24-,25+,26+,27+,28-/m1/s1. The molecule has 0 amide bonds. The van der Waals surface area contributed by atoms with Crippen molar-refractivity contribution in [2.45, 2.75) is 118 Å². The molecule has 0 radical (unpaired) electrons. The van der Waals surface area contributed by atoms with Crippen molar-refractivity contribution in [3.05, 3.63) is 11.6 Å². The Morgan fingerprint density at radius 3 is 2.28 bits per heavy atom. The summed E-state index contributed by atoms with van der Waals surface area (Å²) in [5, 5.41) is 28.4. The second-order valence-electron chi connectivity index (χ2n) is 13.2. The molecule has 0 spiro atoms. The van der Waals surface area contributed by atoms with Gasteiger partial charge in [-0.1, -0.05) is 53.0 Å². The van der Waals surface area contributed by atoms with Gasteiger partial charge >= 0.3 is 0 Å². The van der Waals surface area contributed by atoms with Crippen LogP contribution in [0.1, 0.15) is 112 Å². The SMILES string of the molecule is CC(C)C(=CC(O)(O)O)CC[C@@H](C)[C@H]1CC[C@H]2[C@@H]3CCC4CCCC[C@]4(C)[C@H]3CC[C@]12C. The molecule has 0 aromatic heterocycles. The molecule has 1 unspecified atom stereocenters. The van der Waals surface area contributed by atoms with E-state index in [0.717, 1.165) is 48.0 Å². The first-order valence-electron chi connectivity index (χ1n) is 13.8. The molecule has 0 aromatic carbocycles. The molecule has 4 aliphatic carbocycles. The molecule has 3 N–H and O–H groups in total. The summed E-state index contributed by atoms with van der Waals surface area (Å²) in [4.78, 5) is 0. The van der Waals surface area contributed by atoms with E-state index < -0.39 is 5.97 Å². The van der Waals surface area contributed by atoms with Crippen LogP contribution in [0.3, 0.4) is 0 Å². The fraction of sp³-hybridized carbons (Fsp3) is 0.931. The molecule has 184 valence electrons. The van der Waals surface area contributed by atoms with Gasteiger partial charge in [0.1, 0.15) is 0 Å². The number of fused-ring (bicyclic) bond motifs is 5. The molecule has 8 atom stereocenters. The molecule has 0 aliphatic heterocycles. The highest BCUT2D eigenvalue weighted by Gasteiger charge is 2.60. The second-order valence-corrected chi connectivity index (χ2v) is 13.2. The lowest BCUT2D eigenvalue weighted by atomic mass is 9.44. The van der Waals surface area contributed by atoms with Crippen molar-refractivity contribution >= 4 is 0 Å². The van der Waals surface area contributed by atoms with Crippen LogP contribution in [0.25, 0.3) is 0 Å². The summed E-state index contributed by atoms with van der Waals surface area (Å²) in [5.41, 5.74) is 2.06. The van der Waals surface area contributed by atoms with Crippen LogP contribution in [-0.4, -0.2) is 21.3 Å². The van der Waals surface area contributed by atoms with E-state index in [2.05, 4.69) is 34.6 Å². The molecule has 32 heavy (non-hydrogen) atoms. The number of rotatable bonds is 6. The summed E-state index contributed by atoms with van der Waals surface area (Å²) in [6.45, 7) is 11.9. The lowest BCUT2D eigenvalue weighted by Crippen LogP contribution is -2.53. The minimum atomic E-state index is -2.69. The highest BCUT2D eigenvalue weighted by molar-refractivity contribution is 5.11. The van der Waals surface area contributed by atoms with Crippen molar-refractivity contribution in [1.29, 1.82) is 0 Å². The van der Waals surface area contributed by atoms with Gasteiger partial charge in [-0.25, -0.2) is 0 Å². The summed E-state index contributed by atoms with van der Waals surface area (Å²) < 4.78 is 0. The van der Waals surface area contributed by atoms with Gasteiger partial charge in [0.2, 0.25) is 0 Å². The van der Waals surface area contributed by atoms with E-state index in [4.69, 9.17) is 0 Å². The van der Waals surface area contributed by atoms with Crippen LogP contribution < -0.4 is 0 Å². The Balaban J connectivity index is 1.45. The number of allylic oxidation sites excluding steroid dienone is 1. The Kier molecular flexibility index (Phi) is 6.96. The number of aliphatic hydroxyl groups is 3. The number of hydrogen-bond donors (Lipinski definition) is 3. The lowest BCUT2D eigenvalue weighted by molar-refractivity contribution is -0.274. The van der Waals surface area contributed by atoms with E-state index in [-0.39, 0.29) is 5.92 Å². The summed E-state index contributed by atoms with van der Waals surface area (Å²) in [6.07, 6.45) is 17.7. The largest absolute Gasteiger partial charge is 0.340 e. The van der Waals surface area contributed by atoms with Crippen molar-refractivity contribution in [2.24, 2.45) is 52.3 Å². The minimum Gasteiger partial charge on any atom is -0.340 e. The second kappa shape index (κ2) is 9.00. The van der Waals surface area contributed by atoms with Gasteiger partial charge in [-0.3, -0.25) is 0 Å². The maximum absolute atomic E-state index is 9.46. The Labute approximate surface area is 197 Å². The highest BCUT2D eigenvalue weighted by atomic mass is 16.7. The van der Waals surface area contributed by atoms with Crippen molar-refractivity contribution in [3.8, 4) is 0 Å². The molecule has 4 fully saturated rings. The molecule has 0 heterocycles. The van der Waals surface area contributed by atoms with Crippen LogP contribution in [-0.2, 0) is 0 Å². The van der Waals surface area contributed by atoms with E-state index >= 15 is 0 Å². The maximum atomic E-state index is 9.46. The smallest absolute Gasteiger partial charge is 0.297 e. The number of hydrogen-bond acceptors (Lipinski definition) is 3. The van der Waals surface area contributed by atoms with Gasteiger partial charge in [-0.05, 0) is 116 Å². The van der Waals surface area contributed by atoms with Crippen molar-refractivity contribution in [1.82, 2.24) is 0 Å². The van der Waals surface area contributed by atoms with Gasteiger partial charge in [0.05, 0.1) is 0 Å². The quantitative estimate of drug-likeness (QED) is 0.315. The Hall–Kier alpha value is -0.380. The van der Waals surface area contributed by atoms with Crippen LogP contribution in [0, 0.1) is 52.3 Å². The van der Waals surface area contributed by atoms with Crippen molar-refractivity contribution in [2.75, 3.05) is 0 Å². The van der Waals surface area contributed by atoms with Crippen LogP contribution in [0.5, 0.6) is 0 Å². The molecular weight excluding hydrogens is 396 g/mol. The van der Waals surface area contributed by atoms with Gasteiger partial charge in [-0.2, -0.15) is 0 Å². The lowest BCUT2D eigenvalue weighted by Gasteiger charge is -2.61. The van der Waals surface area contributed by atoms with E-state index in [1.165, 1.54) is 70.3 Å². The van der Waals surface area contributed by atoms with Crippen LogP contribution in [0.15, 0.2) is 11.6 Å². The van der Waals surface area contributed by atoms with Gasteiger partial charge in [-0.15, -0.1) is 0 Å². The van der Waals surface area contributed by atoms with Crippen LogP contribution >= 0.6 is 0 Å². The first-order chi connectivity index (χ1) is 15.0. The van der Waals surface area contributed by atoms with E-state index in [1.54, 1.807) is 0 Å². The van der Waals surface area contributed by atoms with Crippen molar-refractivity contribution < 1.29 is 15.3 Å². The normalized spacial score (nSPS) is 43.5. The average molecular weight is 447 g/mol. The fourth-order valence-electron chi connectivity index (χ4n) is 9.64. The topological polar surface area (TPSA) is 60.7 Å². The fourth-order valence-corrected chi connectivity index (χ4v) is 9.64.